The number of nitrogens with zero attached hydrogens (tertiary/aromatic N) is 1. The van der Waals surface area contributed by atoms with Crippen molar-refractivity contribution in [2.75, 3.05) is 0 Å². The van der Waals surface area contributed by atoms with Gasteiger partial charge < -0.3 is 5.11 Å². The Morgan fingerprint density at radius 1 is 1.53 bits per heavy atom. The van der Waals surface area contributed by atoms with E-state index in [0.717, 1.165) is 4.88 Å². The smallest absolute Gasteiger partial charge is 0.382 e. The van der Waals surface area contributed by atoms with Crippen molar-refractivity contribution in [3.05, 3.63) is 28.8 Å². The molecular formula is C11H6N2O3S. The Morgan fingerprint density at radius 3 is 3.06 bits per heavy atom. The number of carbonyl (C=O) groups is 2. The highest BCUT2D eigenvalue weighted by Crippen LogP contribution is 2.27. The van der Waals surface area contributed by atoms with Crippen LogP contribution in [0.4, 0.5) is 0 Å². The van der Waals surface area contributed by atoms with E-state index in [9.17, 15) is 9.59 Å². The number of aldehydes is 1. The van der Waals surface area contributed by atoms with E-state index in [1.54, 1.807) is 12.1 Å². The standard InChI is InChI=1S/C11H6N2O3S/c14-6-7-5-12-13-11(7)9-3-1-8(17-9)2-4-10(15)16/h1,3,5-6H,(H,12,13)(H,15,16). The molecule has 0 atom stereocenters. The van der Waals surface area contributed by atoms with Crippen molar-refractivity contribution in [2.45, 2.75) is 0 Å². The molecule has 0 spiro atoms. The number of carbonyl (C=O) groups excluding carboxylic acids is 1. The van der Waals surface area contributed by atoms with Gasteiger partial charge >= 0.3 is 5.97 Å². The second-order valence-electron chi connectivity index (χ2n) is 3.04. The first-order chi connectivity index (χ1) is 8.20. The Kier molecular flexibility index (Phi) is 3.03. The molecule has 0 unspecified atom stereocenters. The summed E-state index contributed by atoms with van der Waals surface area (Å²) in [6, 6.07) is 3.46. The van der Waals surface area contributed by atoms with E-state index in [4.69, 9.17) is 5.11 Å². The van der Waals surface area contributed by atoms with Crippen molar-refractivity contribution >= 4 is 23.6 Å². The molecule has 0 aromatic carbocycles. The molecule has 0 saturated heterocycles. The third-order valence-corrected chi connectivity index (χ3v) is 2.96. The fraction of sp³-hybridized carbons (Fsp3) is 0. The quantitative estimate of drug-likeness (QED) is 0.619. The molecule has 2 aromatic heterocycles. The lowest BCUT2D eigenvalue weighted by Crippen LogP contribution is -1.85. The lowest BCUT2D eigenvalue weighted by molar-refractivity contribution is -0.130. The molecule has 5 nitrogen and oxygen atoms in total. The van der Waals surface area contributed by atoms with Crippen LogP contribution >= 0.6 is 11.3 Å². The highest BCUT2D eigenvalue weighted by atomic mass is 32.1. The normalized spacial score (nSPS) is 9.41. The van der Waals surface area contributed by atoms with E-state index in [0.29, 0.717) is 22.4 Å². The Hall–Kier alpha value is -2.39. The molecular weight excluding hydrogens is 240 g/mol. The van der Waals surface area contributed by atoms with E-state index < -0.39 is 5.97 Å². The predicted octanol–water partition coefficient (Wildman–Crippen LogP) is 1.39. The summed E-state index contributed by atoms with van der Waals surface area (Å²) >= 11 is 1.30. The van der Waals surface area contributed by atoms with Gasteiger partial charge in [0, 0.05) is 5.92 Å². The van der Waals surface area contributed by atoms with Crippen molar-refractivity contribution in [1.29, 1.82) is 0 Å². The van der Waals surface area contributed by atoms with Crippen LogP contribution in [0.5, 0.6) is 0 Å². The number of carboxylic acids is 1. The van der Waals surface area contributed by atoms with E-state index in [1.165, 1.54) is 17.5 Å². The second-order valence-corrected chi connectivity index (χ2v) is 4.12. The van der Waals surface area contributed by atoms with Crippen LogP contribution in [0.15, 0.2) is 18.3 Å². The number of hydrogen-bond donors (Lipinski definition) is 2. The monoisotopic (exact) mass is 246 g/mol. The largest absolute Gasteiger partial charge is 0.472 e. The van der Waals surface area contributed by atoms with Gasteiger partial charge in [-0.25, -0.2) is 4.79 Å². The van der Waals surface area contributed by atoms with Gasteiger partial charge in [-0.2, -0.15) is 5.10 Å². The molecule has 2 heterocycles. The van der Waals surface area contributed by atoms with Gasteiger partial charge in [0.15, 0.2) is 6.29 Å². The highest BCUT2D eigenvalue weighted by molar-refractivity contribution is 7.16. The molecule has 0 saturated carbocycles. The second kappa shape index (κ2) is 4.63. The van der Waals surface area contributed by atoms with Crippen LogP contribution in [0.25, 0.3) is 10.6 Å². The average molecular weight is 246 g/mol. The topological polar surface area (TPSA) is 83.0 Å². The zero-order valence-corrected chi connectivity index (χ0v) is 9.25. The third kappa shape index (κ3) is 2.41. The van der Waals surface area contributed by atoms with Gasteiger partial charge in [-0.05, 0) is 18.1 Å². The SMILES string of the molecule is O=Cc1cn[nH]c1-c1ccc(C#CC(=O)O)s1. The summed E-state index contributed by atoms with van der Waals surface area (Å²) in [5.74, 6) is 3.37. The van der Waals surface area contributed by atoms with Gasteiger partial charge in [0.05, 0.1) is 27.2 Å². The number of hydrogen-bond acceptors (Lipinski definition) is 4. The van der Waals surface area contributed by atoms with Gasteiger partial charge in [-0.3, -0.25) is 9.89 Å². The molecule has 2 aromatic rings. The average Bonchev–Trinajstić information content (AvgIpc) is 2.94. The molecule has 0 bridgehead atoms. The number of aromatic amines is 1. The maximum Gasteiger partial charge on any atom is 0.382 e. The van der Waals surface area contributed by atoms with Crippen LogP contribution in [0.3, 0.4) is 0 Å². The Bertz CT molecular complexity index is 630. The molecule has 6 heteroatoms. The van der Waals surface area contributed by atoms with E-state index >= 15 is 0 Å². The zero-order valence-electron chi connectivity index (χ0n) is 8.43. The van der Waals surface area contributed by atoms with Crippen LogP contribution in [0, 0.1) is 11.8 Å². The molecule has 84 valence electrons. The fourth-order valence-corrected chi connectivity index (χ4v) is 2.11. The number of rotatable bonds is 2. The van der Waals surface area contributed by atoms with Gasteiger partial charge in [0.2, 0.25) is 0 Å². The van der Waals surface area contributed by atoms with Gasteiger partial charge in [0.25, 0.3) is 0 Å². The third-order valence-electron chi connectivity index (χ3n) is 1.94. The minimum atomic E-state index is -1.17. The number of carboxylic acid groups (broad SMARTS) is 1. The first-order valence-corrected chi connectivity index (χ1v) is 5.36. The zero-order chi connectivity index (χ0) is 12.3. The lowest BCUT2D eigenvalue weighted by Gasteiger charge is -1.90. The molecule has 0 fully saturated rings. The van der Waals surface area contributed by atoms with Gasteiger partial charge in [-0.1, -0.05) is 0 Å². The number of aromatic nitrogens is 2. The number of aliphatic carboxylic acids is 1. The summed E-state index contributed by atoms with van der Waals surface area (Å²) in [5, 5.41) is 14.9. The van der Waals surface area contributed by atoms with E-state index in [1.807, 2.05) is 5.92 Å². The summed E-state index contributed by atoms with van der Waals surface area (Å²) in [4.78, 5) is 22.4. The number of thiophene rings is 1. The van der Waals surface area contributed by atoms with Crippen LogP contribution in [-0.4, -0.2) is 27.6 Å². The summed E-state index contributed by atoms with van der Waals surface area (Å²) in [6.45, 7) is 0. The minimum Gasteiger partial charge on any atom is -0.472 e. The molecule has 2 N–H and O–H groups in total. The van der Waals surface area contributed by atoms with Gasteiger partial charge in [0.1, 0.15) is 0 Å². The van der Waals surface area contributed by atoms with Crippen LogP contribution in [0.2, 0.25) is 0 Å². The van der Waals surface area contributed by atoms with E-state index in [2.05, 4.69) is 16.1 Å². The summed E-state index contributed by atoms with van der Waals surface area (Å²) < 4.78 is 0. The molecule has 17 heavy (non-hydrogen) atoms. The maximum absolute atomic E-state index is 10.7. The molecule has 0 radical (unpaired) electrons. The van der Waals surface area contributed by atoms with Crippen LogP contribution < -0.4 is 0 Å². The first kappa shape index (κ1) is 11.1. The molecule has 0 amide bonds. The molecule has 2 rings (SSSR count). The van der Waals surface area contributed by atoms with E-state index in [-0.39, 0.29) is 0 Å². The first-order valence-electron chi connectivity index (χ1n) is 4.54. The Labute approximate surface area is 100 Å². The summed E-state index contributed by atoms with van der Waals surface area (Å²) in [7, 11) is 0. The van der Waals surface area contributed by atoms with Crippen molar-refractivity contribution in [3.63, 3.8) is 0 Å². The van der Waals surface area contributed by atoms with Crippen molar-refractivity contribution in [2.24, 2.45) is 0 Å². The van der Waals surface area contributed by atoms with Gasteiger partial charge in [-0.15, -0.1) is 11.3 Å². The van der Waals surface area contributed by atoms with Crippen LogP contribution in [-0.2, 0) is 4.79 Å². The fourth-order valence-electron chi connectivity index (χ4n) is 1.24. The molecule has 0 aliphatic rings. The summed E-state index contributed by atoms with van der Waals surface area (Å²) in [6.07, 6.45) is 2.14. The predicted molar refractivity (Wildman–Crippen MR) is 61.8 cm³/mol. The minimum absolute atomic E-state index is 0.463. The maximum atomic E-state index is 10.7. The van der Waals surface area contributed by atoms with Crippen molar-refractivity contribution in [3.8, 4) is 22.4 Å². The van der Waals surface area contributed by atoms with Crippen molar-refractivity contribution < 1.29 is 14.7 Å². The Morgan fingerprint density at radius 2 is 2.35 bits per heavy atom. The van der Waals surface area contributed by atoms with Crippen LogP contribution in [0.1, 0.15) is 15.2 Å². The Balaban J connectivity index is 2.34. The summed E-state index contributed by atoms with van der Waals surface area (Å²) in [5.41, 5.74) is 1.08. The number of nitrogens with one attached hydrogen (secondary N) is 1. The number of H-pyrrole nitrogens is 1. The molecule has 0 aliphatic heterocycles. The highest BCUT2D eigenvalue weighted by Gasteiger charge is 2.08. The lowest BCUT2D eigenvalue weighted by atomic mass is 10.2. The van der Waals surface area contributed by atoms with Crippen molar-refractivity contribution in [1.82, 2.24) is 10.2 Å². The molecule has 0 aliphatic carbocycles.